The summed E-state index contributed by atoms with van der Waals surface area (Å²) in [5.41, 5.74) is 2.76. The average Bonchev–Trinajstić information content (AvgIpc) is 2.25. The Morgan fingerprint density at radius 2 is 2.06 bits per heavy atom. The van der Waals surface area contributed by atoms with E-state index >= 15 is 0 Å². The van der Waals surface area contributed by atoms with E-state index in [4.69, 9.17) is 5.26 Å². The lowest BCUT2D eigenvalue weighted by Gasteiger charge is -2.23. The van der Waals surface area contributed by atoms with Gasteiger partial charge in [0, 0.05) is 6.04 Å². The number of hydrogen-bond acceptors (Lipinski definition) is 2. The Balaban J connectivity index is 2.97. The third kappa shape index (κ3) is 2.76. The zero-order valence-corrected chi connectivity index (χ0v) is 10.5. The van der Waals surface area contributed by atoms with Crippen LogP contribution in [0.3, 0.4) is 0 Å². The molecule has 0 radical (unpaired) electrons. The van der Waals surface area contributed by atoms with Crippen molar-refractivity contribution in [1.29, 1.82) is 5.26 Å². The van der Waals surface area contributed by atoms with Crippen molar-refractivity contribution >= 4 is 5.69 Å². The van der Waals surface area contributed by atoms with Crippen LogP contribution in [-0.4, -0.2) is 6.04 Å². The van der Waals surface area contributed by atoms with Crippen molar-refractivity contribution in [3.8, 4) is 6.07 Å². The van der Waals surface area contributed by atoms with Gasteiger partial charge in [-0.25, -0.2) is 0 Å². The summed E-state index contributed by atoms with van der Waals surface area (Å²) in [5, 5.41) is 12.6. The summed E-state index contributed by atoms with van der Waals surface area (Å²) in [5.74, 6) is 0.567. The molecule has 0 aromatic heterocycles. The largest absolute Gasteiger partial charge is 0.381 e. The highest BCUT2D eigenvalue weighted by Gasteiger charge is 2.13. The smallest absolute Gasteiger partial charge is 0.102 e. The van der Waals surface area contributed by atoms with Gasteiger partial charge in [0.05, 0.1) is 11.3 Å². The molecule has 0 heterocycles. The molecule has 1 rings (SSSR count). The SMILES string of the molecule is CCC(Nc1cccc(C)c1C#N)C(C)C. The molecule has 16 heavy (non-hydrogen) atoms. The van der Waals surface area contributed by atoms with Gasteiger partial charge in [-0.1, -0.05) is 32.9 Å². The Hall–Kier alpha value is -1.49. The van der Waals surface area contributed by atoms with E-state index < -0.39 is 0 Å². The van der Waals surface area contributed by atoms with Gasteiger partial charge in [0.1, 0.15) is 6.07 Å². The number of aryl methyl sites for hydroxylation is 1. The van der Waals surface area contributed by atoms with Crippen LogP contribution in [0.5, 0.6) is 0 Å². The van der Waals surface area contributed by atoms with Crippen LogP contribution < -0.4 is 5.32 Å². The van der Waals surface area contributed by atoms with Crippen LogP contribution in [0.4, 0.5) is 5.69 Å². The number of hydrogen-bond donors (Lipinski definition) is 1. The second-order valence-electron chi connectivity index (χ2n) is 4.51. The van der Waals surface area contributed by atoms with Gasteiger partial charge in [0.25, 0.3) is 0 Å². The Morgan fingerprint density at radius 1 is 1.38 bits per heavy atom. The summed E-state index contributed by atoms with van der Waals surface area (Å²) in [7, 11) is 0. The summed E-state index contributed by atoms with van der Waals surface area (Å²) < 4.78 is 0. The van der Waals surface area contributed by atoms with Crippen LogP contribution in [0.1, 0.15) is 38.3 Å². The Kier molecular flexibility index (Phi) is 4.37. The Labute approximate surface area is 98.3 Å². The monoisotopic (exact) mass is 216 g/mol. The Morgan fingerprint density at radius 3 is 2.56 bits per heavy atom. The molecule has 1 aromatic rings. The van der Waals surface area contributed by atoms with E-state index in [1.807, 2.05) is 25.1 Å². The highest BCUT2D eigenvalue weighted by Crippen LogP contribution is 2.21. The fourth-order valence-corrected chi connectivity index (χ4v) is 1.88. The molecule has 86 valence electrons. The van der Waals surface area contributed by atoms with E-state index in [1.54, 1.807) is 0 Å². The van der Waals surface area contributed by atoms with Gasteiger partial charge in [-0.2, -0.15) is 5.26 Å². The maximum absolute atomic E-state index is 9.13. The van der Waals surface area contributed by atoms with Gasteiger partial charge in [0.15, 0.2) is 0 Å². The first-order valence-corrected chi connectivity index (χ1v) is 5.86. The predicted molar refractivity (Wildman–Crippen MR) is 68.4 cm³/mol. The van der Waals surface area contributed by atoms with Crippen LogP contribution in [0.25, 0.3) is 0 Å². The first-order chi connectivity index (χ1) is 7.60. The molecule has 0 saturated carbocycles. The van der Waals surface area contributed by atoms with Gasteiger partial charge >= 0.3 is 0 Å². The molecule has 1 aromatic carbocycles. The minimum atomic E-state index is 0.425. The number of anilines is 1. The first kappa shape index (κ1) is 12.6. The van der Waals surface area contributed by atoms with E-state index in [-0.39, 0.29) is 0 Å². The minimum absolute atomic E-state index is 0.425. The molecule has 0 bridgehead atoms. The fraction of sp³-hybridized carbons (Fsp3) is 0.500. The quantitative estimate of drug-likeness (QED) is 0.832. The highest BCUT2D eigenvalue weighted by atomic mass is 14.9. The van der Waals surface area contributed by atoms with Crippen LogP contribution in [0.15, 0.2) is 18.2 Å². The maximum Gasteiger partial charge on any atom is 0.102 e. The molecule has 0 aliphatic rings. The number of nitriles is 1. The van der Waals surface area contributed by atoms with Crippen molar-refractivity contribution in [3.63, 3.8) is 0 Å². The van der Waals surface area contributed by atoms with Crippen LogP contribution in [-0.2, 0) is 0 Å². The molecule has 0 spiro atoms. The predicted octanol–water partition coefficient (Wildman–Crippen LogP) is 3.71. The van der Waals surface area contributed by atoms with E-state index in [0.717, 1.165) is 23.2 Å². The van der Waals surface area contributed by atoms with Crippen molar-refractivity contribution in [2.75, 3.05) is 5.32 Å². The van der Waals surface area contributed by atoms with E-state index in [0.29, 0.717) is 12.0 Å². The van der Waals surface area contributed by atoms with Crippen molar-refractivity contribution < 1.29 is 0 Å². The van der Waals surface area contributed by atoms with E-state index in [9.17, 15) is 0 Å². The lowest BCUT2D eigenvalue weighted by Crippen LogP contribution is -2.25. The second kappa shape index (κ2) is 5.55. The van der Waals surface area contributed by atoms with Gasteiger partial charge in [-0.3, -0.25) is 0 Å². The van der Waals surface area contributed by atoms with Gasteiger partial charge in [-0.05, 0) is 30.9 Å². The zero-order valence-electron chi connectivity index (χ0n) is 10.5. The molecule has 1 atom stereocenters. The molecule has 0 saturated heterocycles. The van der Waals surface area contributed by atoms with Crippen molar-refractivity contribution in [2.45, 2.75) is 40.2 Å². The van der Waals surface area contributed by atoms with Gasteiger partial charge in [-0.15, -0.1) is 0 Å². The number of nitrogens with one attached hydrogen (secondary N) is 1. The number of benzene rings is 1. The minimum Gasteiger partial charge on any atom is -0.381 e. The normalized spacial score (nSPS) is 12.2. The average molecular weight is 216 g/mol. The topological polar surface area (TPSA) is 35.8 Å². The van der Waals surface area contributed by atoms with E-state index in [2.05, 4.69) is 32.2 Å². The highest BCUT2D eigenvalue weighted by molar-refractivity contribution is 5.61. The van der Waals surface area contributed by atoms with Crippen LogP contribution in [0.2, 0.25) is 0 Å². The molecule has 0 fully saturated rings. The number of nitrogens with zero attached hydrogens (tertiary/aromatic N) is 1. The van der Waals surface area contributed by atoms with Gasteiger partial charge in [0.2, 0.25) is 0 Å². The third-order valence-corrected chi connectivity index (χ3v) is 2.97. The fourth-order valence-electron chi connectivity index (χ4n) is 1.88. The molecule has 0 amide bonds. The summed E-state index contributed by atoms with van der Waals surface area (Å²) in [6, 6.07) is 8.64. The summed E-state index contributed by atoms with van der Waals surface area (Å²) >= 11 is 0. The van der Waals surface area contributed by atoms with Crippen LogP contribution >= 0.6 is 0 Å². The molecule has 2 nitrogen and oxygen atoms in total. The maximum atomic E-state index is 9.13. The first-order valence-electron chi connectivity index (χ1n) is 5.86. The molecular formula is C14H20N2. The van der Waals surface area contributed by atoms with Crippen molar-refractivity contribution in [1.82, 2.24) is 0 Å². The second-order valence-corrected chi connectivity index (χ2v) is 4.51. The van der Waals surface area contributed by atoms with Crippen molar-refractivity contribution in [3.05, 3.63) is 29.3 Å². The third-order valence-electron chi connectivity index (χ3n) is 2.97. The molecule has 0 aliphatic carbocycles. The molecule has 0 aliphatic heterocycles. The lowest BCUT2D eigenvalue weighted by molar-refractivity contribution is 0.511. The summed E-state index contributed by atoms with van der Waals surface area (Å²) in [4.78, 5) is 0. The Bertz CT molecular complexity index is 388. The molecule has 1 N–H and O–H groups in total. The van der Waals surface area contributed by atoms with Crippen molar-refractivity contribution in [2.24, 2.45) is 5.92 Å². The van der Waals surface area contributed by atoms with Crippen LogP contribution in [0, 0.1) is 24.2 Å². The summed E-state index contributed by atoms with van der Waals surface area (Å²) in [6.45, 7) is 8.53. The van der Waals surface area contributed by atoms with Gasteiger partial charge < -0.3 is 5.32 Å². The number of rotatable bonds is 4. The molecular weight excluding hydrogens is 196 g/mol. The zero-order chi connectivity index (χ0) is 12.1. The standard InChI is InChI=1S/C14H20N2/c1-5-13(10(2)3)16-14-8-6-7-11(4)12(14)9-15/h6-8,10,13,16H,5H2,1-4H3. The molecule has 1 unspecified atom stereocenters. The summed E-state index contributed by atoms with van der Waals surface area (Å²) in [6.07, 6.45) is 1.07. The van der Waals surface area contributed by atoms with E-state index in [1.165, 1.54) is 0 Å². The lowest BCUT2D eigenvalue weighted by atomic mass is 10.00. The molecule has 2 heteroatoms.